The van der Waals surface area contributed by atoms with E-state index in [0.717, 1.165) is 23.2 Å². The number of hydrogen-bond acceptors (Lipinski definition) is 5. The lowest BCUT2D eigenvalue weighted by molar-refractivity contribution is -0.199. The lowest BCUT2D eigenvalue weighted by Gasteiger charge is -2.64. The Kier molecular flexibility index (Phi) is 6.03. The van der Waals surface area contributed by atoms with Gasteiger partial charge in [-0.1, -0.05) is 41.4 Å². The number of likely N-dealkylation sites (tertiary alicyclic amines) is 1. The van der Waals surface area contributed by atoms with Crippen LogP contribution in [0.4, 0.5) is 0 Å². The molecule has 196 valence electrons. The molecule has 2 aromatic rings. The predicted molar refractivity (Wildman–Crippen MR) is 144 cm³/mol. The van der Waals surface area contributed by atoms with Gasteiger partial charge in [0.1, 0.15) is 6.10 Å². The largest absolute Gasteiger partial charge is 0.504 e. The molecule has 8 heteroatoms. The summed E-state index contributed by atoms with van der Waals surface area (Å²) in [5.74, 6) is 0.561. The Labute approximate surface area is 227 Å². The second-order valence-corrected chi connectivity index (χ2v) is 11.7. The van der Waals surface area contributed by atoms with Crippen molar-refractivity contribution in [3.8, 4) is 11.5 Å². The van der Waals surface area contributed by atoms with Gasteiger partial charge in [-0.25, -0.2) is 0 Å². The minimum atomic E-state index is -1.02. The molecule has 2 fully saturated rings. The van der Waals surface area contributed by atoms with Crippen LogP contribution in [0.3, 0.4) is 0 Å². The highest BCUT2D eigenvalue weighted by molar-refractivity contribution is 6.42. The van der Waals surface area contributed by atoms with E-state index in [1.807, 2.05) is 30.0 Å². The van der Waals surface area contributed by atoms with Crippen LogP contribution in [0, 0.1) is 0 Å². The maximum absolute atomic E-state index is 13.7. The Morgan fingerprint density at radius 2 is 2.08 bits per heavy atom. The molecule has 0 aromatic heterocycles. The molecule has 2 N–H and O–H groups in total. The first-order valence-corrected chi connectivity index (χ1v) is 13.8. The van der Waals surface area contributed by atoms with Crippen molar-refractivity contribution in [2.45, 2.75) is 68.2 Å². The maximum atomic E-state index is 13.7. The van der Waals surface area contributed by atoms with Crippen LogP contribution in [0.15, 0.2) is 43.0 Å². The summed E-state index contributed by atoms with van der Waals surface area (Å²) in [6.45, 7) is 7.93. The molecule has 1 saturated heterocycles. The van der Waals surface area contributed by atoms with E-state index in [0.29, 0.717) is 54.6 Å². The minimum absolute atomic E-state index is 0.0202. The molecule has 2 aliphatic carbocycles. The van der Waals surface area contributed by atoms with E-state index in [-0.39, 0.29) is 30.2 Å². The van der Waals surface area contributed by atoms with Gasteiger partial charge < -0.3 is 19.8 Å². The molecule has 1 saturated carbocycles. The summed E-state index contributed by atoms with van der Waals surface area (Å²) in [5, 5.41) is 24.2. The number of phenols is 1. The van der Waals surface area contributed by atoms with E-state index in [2.05, 4.69) is 11.5 Å². The molecular formula is C29H32Cl2N2O4. The van der Waals surface area contributed by atoms with Crippen LogP contribution in [-0.2, 0) is 23.1 Å². The van der Waals surface area contributed by atoms with Crippen molar-refractivity contribution >= 4 is 29.1 Å². The number of hydrogen-bond donors (Lipinski definition) is 2. The van der Waals surface area contributed by atoms with E-state index in [4.69, 9.17) is 27.9 Å². The highest BCUT2D eigenvalue weighted by atomic mass is 35.5. The molecule has 0 radical (unpaired) electrons. The van der Waals surface area contributed by atoms with Gasteiger partial charge in [0, 0.05) is 24.7 Å². The molecule has 6 nitrogen and oxygen atoms in total. The van der Waals surface area contributed by atoms with E-state index in [1.54, 1.807) is 18.2 Å². The highest BCUT2D eigenvalue weighted by Gasteiger charge is 2.73. The van der Waals surface area contributed by atoms with Gasteiger partial charge in [-0.05, 0) is 68.5 Å². The van der Waals surface area contributed by atoms with Gasteiger partial charge in [-0.2, -0.15) is 0 Å². The van der Waals surface area contributed by atoms with Crippen LogP contribution in [0.2, 0.25) is 10.0 Å². The monoisotopic (exact) mass is 542 g/mol. The molecule has 5 atom stereocenters. The van der Waals surface area contributed by atoms with Gasteiger partial charge in [0.25, 0.3) is 0 Å². The highest BCUT2D eigenvalue weighted by Crippen LogP contribution is 2.65. The van der Waals surface area contributed by atoms with Crippen LogP contribution in [-0.4, -0.2) is 69.3 Å². The van der Waals surface area contributed by atoms with Crippen LogP contribution >= 0.6 is 23.2 Å². The number of ether oxygens (including phenoxy) is 1. The number of likely N-dealkylation sites (N-methyl/N-ethyl adjacent to an activating group) is 1. The topological polar surface area (TPSA) is 73.2 Å². The number of rotatable bonds is 6. The second-order valence-electron chi connectivity index (χ2n) is 10.8. The average molecular weight is 543 g/mol. The predicted octanol–water partition coefficient (Wildman–Crippen LogP) is 4.50. The van der Waals surface area contributed by atoms with E-state index >= 15 is 0 Å². The quantitative estimate of drug-likeness (QED) is 0.526. The first-order chi connectivity index (χ1) is 17.7. The Morgan fingerprint density at radius 1 is 1.27 bits per heavy atom. The number of amides is 1. The Bertz CT molecular complexity index is 1280. The molecule has 1 spiro atoms. The molecule has 6 rings (SSSR count). The number of carbonyl (C=O) groups excluding carboxylic acids is 1. The lowest BCUT2D eigenvalue weighted by atomic mass is 9.48. The van der Waals surface area contributed by atoms with Gasteiger partial charge in [-0.15, -0.1) is 6.58 Å². The molecule has 2 heterocycles. The number of halogens is 2. The zero-order valence-electron chi connectivity index (χ0n) is 20.9. The summed E-state index contributed by atoms with van der Waals surface area (Å²) in [5.41, 5.74) is 1.16. The number of benzene rings is 2. The van der Waals surface area contributed by atoms with E-state index in [1.165, 1.54) is 0 Å². The fourth-order valence-corrected chi connectivity index (χ4v) is 8.15. The molecule has 1 amide bonds. The summed E-state index contributed by atoms with van der Waals surface area (Å²) >= 11 is 12.3. The summed E-state index contributed by atoms with van der Waals surface area (Å²) in [6, 6.07) is 8.64. The third-order valence-electron chi connectivity index (χ3n) is 9.31. The summed E-state index contributed by atoms with van der Waals surface area (Å²) in [4.78, 5) is 17.9. The van der Waals surface area contributed by atoms with Crippen LogP contribution in [0.1, 0.15) is 42.9 Å². The summed E-state index contributed by atoms with van der Waals surface area (Å²) < 4.78 is 6.62. The van der Waals surface area contributed by atoms with Crippen LogP contribution in [0.25, 0.3) is 0 Å². The van der Waals surface area contributed by atoms with Crippen molar-refractivity contribution in [1.29, 1.82) is 0 Å². The van der Waals surface area contributed by atoms with Crippen LogP contribution in [0.5, 0.6) is 11.5 Å². The van der Waals surface area contributed by atoms with Crippen molar-refractivity contribution in [2.75, 3.05) is 19.6 Å². The van der Waals surface area contributed by atoms with Crippen molar-refractivity contribution < 1.29 is 19.7 Å². The average Bonchev–Trinajstić information content (AvgIpc) is 3.22. The maximum Gasteiger partial charge on any atom is 0.227 e. The second kappa shape index (κ2) is 8.91. The lowest BCUT2D eigenvalue weighted by Crippen LogP contribution is -2.78. The number of piperidine rings is 1. The smallest absolute Gasteiger partial charge is 0.227 e. The molecule has 0 unspecified atom stereocenters. The summed E-state index contributed by atoms with van der Waals surface area (Å²) in [7, 11) is 0. The minimum Gasteiger partial charge on any atom is -0.504 e. The third-order valence-corrected chi connectivity index (χ3v) is 10.0. The zero-order chi connectivity index (χ0) is 26.1. The first-order valence-electron chi connectivity index (χ1n) is 13.1. The standard InChI is InChI=1S/C29H32Cl2N2O4/c1-3-12-32-13-11-28-25-18-6-8-22(34)26(25)37-27(28)21(9-10-29(28,36)23(32)16-18)33(4-2)24(35)15-17-5-7-19(30)20(31)14-17/h3,5-8,14,21,23,27,34,36H,1,4,9-13,15-16H2,2H3/t21-,23-,27+,28+,29-/m1/s1. The van der Waals surface area contributed by atoms with Crippen molar-refractivity contribution in [2.24, 2.45) is 0 Å². The first kappa shape index (κ1) is 25.1. The fourth-order valence-electron chi connectivity index (χ4n) is 7.83. The van der Waals surface area contributed by atoms with Gasteiger partial charge in [0.05, 0.1) is 33.5 Å². The van der Waals surface area contributed by atoms with Crippen molar-refractivity contribution in [3.63, 3.8) is 0 Å². The van der Waals surface area contributed by atoms with Gasteiger partial charge in [0.2, 0.25) is 5.91 Å². The molecule has 2 aliphatic heterocycles. The normalized spacial score (nSPS) is 31.4. The van der Waals surface area contributed by atoms with Crippen LogP contribution < -0.4 is 4.74 Å². The molecule has 37 heavy (non-hydrogen) atoms. The number of nitrogens with zero attached hydrogens (tertiary/aromatic N) is 2. The Balaban J connectivity index is 1.40. The third kappa shape index (κ3) is 3.42. The molecule has 2 aromatic carbocycles. The number of aliphatic hydroxyl groups is 1. The molecule has 2 bridgehead atoms. The van der Waals surface area contributed by atoms with Gasteiger partial charge >= 0.3 is 0 Å². The van der Waals surface area contributed by atoms with Crippen molar-refractivity contribution in [3.05, 3.63) is 69.7 Å². The molecular weight excluding hydrogens is 511 g/mol. The number of aromatic hydroxyl groups is 1. The van der Waals surface area contributed by atoms with E-state index < -0.39 is 17.1 Å². The fraction of sp³-hybridized carbons (Fsp3) is 0.483. The van der Waals surface area contributed by atoms with Gasteiger partial charge in [-0.3, -0.25) is 9.69 Å². The zero-order valence-corrected chi connectivity index (χ0v) is 22.4. The van der Waals surface area contributed by atoms with E-state index in [9.17, 15) is 15.0 Å². The number of carbonyl (C=O) groups is 1. The Morgan fingerprint density at radius 3 is 2.81 bits per heavy atom. The van der Waals surface area contributed by atoms with Gasteiger partial charge in [0.15, 0.2) is 11.5 Å². The number of phenolic OH excluding ortho intramolecular Hbond substituents is 1. The Hall–Kier alpha value is -2.25. The molecule has 4 aliphatic rings. The SMILES string of the molecule is C=CCN1CC[C@]23c4c5ccc(O)c4O[C@H]2[C@H](N(CC)C(=O)Cc2ccc(Cl)c(Cl)c2)CC[C@@]3(O)[C@H]1C5. The summed E-state index contributed by atoms with van der Waals surface area (Å²) in [6.07, 6.45) is 4.21. The van der Waals surface area contributed by atoms with Crippen molar-refractivity contribution in [1.82, 2.24) is 9.80 Å².